The molecular weight excluding hydrogens is 438 g/mol. The topological polar surface area (TPSA) is 89.9 Å². The van der Waals surface area contributed by atoms with Crippen LogP contribution in [-0.2, 0) is 14.3 Å². The van der Waals surface area contributed by atoms with Gasteiger partial charge in [0, 0.05) is 38.1 Å². The number of carbonyl (C=O) groups excluding carboxylic acids is 2. The predicted octanol–water partition coefficient (Wildman–Crippen LogP) is 2.89. The highest BCUT2D eigenvalue weighted by atomic mass is 16.5. The Labute approximate surface area is 199 Å². The quantitative estimate of drug-likeness (QED) is 0.532. The van der Waals surface area contributed by atoms with Crippen molar-refractivity contribution < 1.29 is 28.5 Å². The Morgan fingerprint density at radius 2 is 1.76 bits per heavy atom. The number of carbonyl (C=O) groups is 2. The number of methoxy groups -OCH3 is 4. The zero-order valence-corrected chi connectivity index (χ0v) is 20.2. The van der Waals surface area contributed by atoms with Gasteiger partial charge in [-0.1, -0.05) is 12.1 Å². The third-order valence-electron chi connectivity index (χ3n) is 5.70. The second-order valence-electron chi connectivity index (χ2n) is 7.78. The molecule has 0 aromatic heterocycles. The van der Waals surface area contributed by atoms with E-state index in [1.54, 1.807) is 40.6 Å². The zero-order chi connectivity index (χ0) is 24.7. The summed E-state index contributed by atoms with van der Waals surface area (Å²) in [6.45, 7) is 1.96. The lowest BCUT2D eigenvalue weighted by molar-refractivity contribution is -0.141. The highest BCUT2D eigenvalue weighted by Crippen LogP contribution is 2.39. The van der Waals surface area contributed by atoms with Crippen molar-refractivity contribution in [3.05, 3.63) is 53.6 Å². The molecule has 0 saturated heterocycles. The van der Waals surface area contributed by atoms with Gasteiger partial charge in [-0.05, 0) is 30.3 Å². The van der Waals surface area contributed by atoms with Crippen LogP contribution in [0.1, 0.15) is 30.5 Å². The van der Waals surface area contributed by atoms with Gasteiger partial charge in [-0.15, -0.1) is 0 Å². The van der Waals surface area contributed by atoms with Crippen LogP contribution in [0, 0.1) is 0 Å². The summed E-state index contributed by atoms with van der Waals surface area (Å²) in [7, 11) is 6.32. The fourth-order valence-corrected chi connectivity index (χ4v) is 3.84. The summed E-state index contributed by atoms with van der Waals surface area (Å²) in [5, 5.41) is 6.13. The molecule has 2 amide bonds. The van der Waals surface area contributed by atoms with Gasteiger partial charge < -0.3 is 23.8 Å². The van der Waals surface area contributed by atoms with Crippen LogP contribution in [0.25, 0.3) is 0 Å². The van der Waals surface area contributed by atoms with E-state index < -0.39 is 6.04 Å². The van der Waals surface area contributed by atoms with Crippen molar-refractivity contribution in [3.8, 4) is 17.2 Å². The van der Waals surface area contributed by atoms with E-state index in [2.05, 4.69) is 0 Å². The molecule has 0 bridgehead atoms. The number of nitrogens with zero attached hydrogens (tertiary/aromatic N) is 3. The van der Waals surface area contributed by atoms with Crippen molar-refractivity contribution in [1.29, 1.82) is 0 Å². The molecule has 1 atom stereocenters. The summed E-state index contributed by atoms with van der Waals surface area (Å²) in [6, 6.07) is 12.6. The first kappa shape index (κ1) is 25.0. The Kier molecular flexibility index (Phi) is 8.48. The van der Waals surface area contributed by atoms with E-state index in [1.165, 1.54) is 16.8 Å². The summed E-state index contributed by atoms with van der Waals surface area (Å²) >= 11 is 0. The first-order valence-electron chi connectivity index (χ1n) is 10.9. The first-order valence-corrected chi connectivity index (χ1v) is 10.9. The molecule has 34 heavy (non-hydrogen) atoms. The Hall–Kier alpha value is -3.59. The van der Waals surface area contributed by atoms with Crippen LogP contribution in [0.5, 0.6) is 17.2 Å². The molecule has 9 heteroatoms. The molecule has 9 nitrogen and oxygen atoms in total. The van der Waals surface area contributed by atoms with E-state index in [0.29, 0.717) is 36.8 Å². The summed E-state index contributed by atoms with van der Waals surface area (Å²) in [5.74, 6) is 1.44. The molecule has 0 aliphatic carbocycles. The lowest BCUT2D eigenvalue weighted by Crippen LogP contribution is -2.41. The molecule has 0 unspecified atom stereocenters. The van der Waals surface area contributed by atoms with E-state index in [4.69, 9.17) is 24.0 Å². The maximum Gasteiger partial charge on any atom is 0.262 e. The number of hydrazone groups is 1. The molecule has 1 aliphatic heterocycles. The van der Waals surface area contributed by atoms with Gasteiger partial charge in [-0.3, -0.25) is 9.59 Å². The summed E-state index contributed by atoms with van der Waals surface area (Å²) in [5.41, 5.74) is 2.35. The molecule has 182 valence electrons. The van der Waals surface area contributed by atoms with E-state index in [9.17, 15) is 9.59 Å². The third-order valence-corrected chi connectivity index (χ3v) is 5.70. The van der Waals surface area contributed by atoms with Crippen molar-refractivity contribution in [3.63, 3.8) is 0 Å². The first-order chi connectivity index (χ1) is 16.4. The average Bonchev–Trinajstić information content (AvgIpc) is 3.31. The molecule has 2 aromatic carbocycles. The highest BCUT2D eigenvalue weighted by Gasteiger charge is 2.36. The van der Waals surface area contributed by atoms with Gasteiger partial charge in [0.05, 0.1) is 39.7 Å². The summed E-state index contributed by atoms with van der Waals surface area (Å²) in [6.07, 6.45) is 0.459. The normalized spacial score (nSPS) is 15.0. The van der Waals surface area contributed by atoms with Crippen LogP contribution in [0.15, 0.2) is 47.6 Å². The van der Waals surface area contributed by atoms with E-state index >= 15 is 0 Å². The monoisotopic (exact) mass is 469 g/mol. The van der Waals surface area contributed by atoms with Crippen LogP contribution < -0.4 is 14.2 Å². The standard InChI is InChI=1S/C25H31N3O6/c1-17(29)27(11-12-31-2)16-25(30)28-23(21-14-20(33-4)9-10-24(21)34-5)15-22(26-28)18-7-6-8-19(13-18)32-3/h6-10,13-14,23H,11-12,15-16H2,1-5H3/t23-/m0/s1. The van der Waals surface area contributed by atoms with Crippen LogP contribution >= 0.6 is 0 Å². The number of ether oxygens (including phenoxy) is 4. The SMILES string of the molecule is COCCN(CC(=O)N1N=C(c2cccc(OC)c2)C[C@H]1c1cc(OC)ccc1OC)C(C)=O. The third kappa shape index (κ3) is 5.66. The van der Waals surface area contributed by atoms with E-state index in [0.717, 1.165) is 16.8 Å². The minimum Gasteiger partial charge on any atom is -0.497 e. The Morgan fingerprint density at radius 1 is 1.03 bits per heavy atom. The van der Waals surface area contributed by atoms with Crippen molar-refractivity contribution in [2.45, 2.75) is 19.4 Å². The van der Waals surface area contributed by atoms with Crippen molar-refractivity contribution >= 4 is 17.5 Å². The summed E-state index contributed by atoms with van der Waals surface area (Å²) < 4.78 is 21.4. The van der Waals surface area contributed by atoms with Crippen molar-refractivity contribution in [1.82, 2.24) is 9.91 Å². The molecule has 2 aromatic rings. The molecular formula is C25H31N3O6. The molecule has 0 fully saturated rings. The highest BCUT2D eigenvalue weighted by molar-refractivity contribution is 6.03. The van der Waals surface area contributed by atoms with Gasteiger partial charge in [0.25, 0.3) is 5.91 Å². The van der Waals surface area contributed by atoms with Gasteiger partial charge in [0.2, 0.25) is 5.91 Å². The fraction of sp³-hybridized carbons (Fsp3) is 0.400. The molecule has 3 rings (SSSR count). The second-order valence-corrected chi connectivity index (χ2v) is 7.78. The minimum atomic E-state index is -0.435. The molecule has 0 saturated carbocycles. The molecule has 0 N–H and O–H groups in total. The summed E-state index contributed by atoms with van der Waals surface area (Å²) in [4.78, 5) is 27.0. The number of rotatable bonds is 10. The number of hydrogen-bond acceptors (Lipinski definition) is 7. The Balaban J connectivity index is 2.00. The Bertz CT molecular complexity index is 1050. The molecule has 0 radical (unpaired) electrons. The second kappa shape index (κ2) is 11.5. The minimum absolute atomic E-state index is 0.115. The number of amides is 2. The van der Waals surface area contributed by atoms with Gasteiger partial charge >= 0.3 is 0 Å². The number of benzene rings is 2. The number of hydrogen-bond donors (Lipinski definition) is 0. The maximum absolute atomic E-state index is 13.4. The average molecular weight is 470 g/mol. The Morgan fingerprint density at radius 3 is 2.41 bits per heavy atom. The smallest absolute Gasteiger partial charge is 0.262 e. The van der Waals surface area contributed by atoms with Crippen LogP contribution in [-0.4, -0.2) is 75.6 Å². The van der Waals surface area contributed by atoms with Crippen LogP contribution in [0.3, 0.4) is 0 Å². The lowest BCUT2D eigenvalue weighted by atomic mass is 9.97. The van der Waals surface area contributed by atoms with Gasteiger partial charge in [-0.25, -0.2) is 5.01 Å². The van der Waals surface area contributed by atoms with Gasteiger partial charge in [0.1, 0.15) is 23.8 Å². The predicted molar refractivity (Wildman–Crippen MR) is 127 cm³/mol. The zero-order valence-electron chi connectivity index (χ0n) is 20.2. The lowest BCUT2D eigenvalue weighted by Gasteiger charge is -2.27. The van der Waals surface area contributed by atoms with Crippen LogP contribution in [0.4, 0.5) is 0 Å². The molecule has 1 aliphatic rings. The van der Waals surface area contributed by atoms with Crippen molar-refractivity contribution in [2.75, 3.05) is 48.1 Å². The largest absolute Gasteiger partial charge is 0.497 e. The van der Waals surface area contributed by atoms with Crippen molar-refractivity contribution in [2.24, 2.45) is 5.10 Å². The van der Waals surface area contributed by atoms with Gasteiger partial charge in [-0.2, -0.15) is 5.10 Å². The molecule has 0 spiro atoms. The van der Waals surface area contributed by atoms with Crippen LogP contribution in [0.2, 0.25) is 0 Å². The van der Waals surface area contributed by atoms with E-state index in [-0.39, 0.29) is 18.4 Å². The van der Waals surface area contributed by atoms with E-state index in [1.807, 2.05) is 30.3 Å². The maximum atomic E-state index is 13.4. The molecule has 1 heterocycles. The fourth-order valence-electron chi connectivity index (χ4n) is 3.84. The van der Waals surface area contributed by atoms with Gasteiger partial charge in [0.15, 0.2) is 0 Å².